The first-order valence-electron chi connectivity index (χ1n) is 7.38. The number of anilines is 1. The summed E-state index contributed by atoms with van der Waals surface area (Å²) in [6, 6.07) is 10.1. The summed E-state index contributed by atoms with van der Waals surface area (Å²) in [5, 5.41) is 0. The van der Waals surface area contributed by atoms with Crippen molar-refractivity contribution in [3.05, 3.63) is 64.7 Å². The van der Waals surface area contributed by atoms with E-state index in [1.807, 2.05) is 31.2 Å². The van der Waals surface area contributed by atoms with E-state index in [0.717, 1.165) is 11.6 Å². The zero-order valence-corrected chi connectivity index (χ0v) is 12.4. The van der Waals surface area contributed by atoms with E-state index in [1.165, 1.54) is 16.5 Å². The van der Waals surface area contributed by atoms with Gasteiger partial charge >= 0.3 is 0 Å². The third-order valence-electron chi connectivity index (χ3n) is 4.06. The summed E-state index contributed by atoms with van der Waals surface area (Å²) in [7, 11) is 0. The second-order valence-corrected chi connectivity index (χ2v) is 5.67. The Bertz CT molecular complexity index is 710. The summed E-state index contributed by atoms with van der Waals surface area (Å²) in [6.07, 6.45) is 1.40. The van der Waals surface area contributed by atoms with E-state index < -0.39 is 11.6 Å². The van der Waals surface area contributed by atoms with Gasteiger partial charge in [-0.2, -0.15) is 0 Å². The van der Waals surface area contributed by atoms with Crippen molar-refractivity contribution in [2.24, 2.45) is 0 Å². The van der Waals surface area contributed by atoms with Gasteiger partial charge in [0.05, 0.1) is 5.69 Å². The van der Waals surface area contributed by atoms with E-state index in [1.54, 1.807) is 0 Å². The Hall–Kier alpha value is -2.23. The first-order valence-corrected chi connectivity index (χ1v) is 7.38. The third-order valence-corrected chi connectivity index (χ3v) is 4.06. The number of fused-ring (bicyclic) bond motifs is 1. The summed E-state index contributed by atoms with van der Waals surface area (Å²) in [5.41, 5.74) is 3.08. The molecule has 114 valence electrons. The molecule has 1 amide bonds. The van der Waals surface area contributed by atoms with E-state index in [4.69, 9.17) is 0 Å². The molecule has 0 atom stereocenters. The fourth-order valence-electron chi connectivity index (χ4n) is 2.82. The van der Waals surface area contributed by atoms with Crippen LogP contribution in [0.2, 0.25) is 0 Å². The molecule has 2 aromatic carbocycles. The van der Waals surface area contributed by atoms with Gasteiger partial charge in [0.15, 0.2) is 0 Å². The largest absolute Gasteiger partial charge is 0.312 e. The Kier molecular flexibility index (Phi) is 3.92. The van der Waals surface area contributed by atoms with Crippen LogP contribution >= 0.6 is 0 Å². The average molecular weight is 301 g/mol. The van der Waals surface area contributed by atoms with E-state index in [9.17, 15) is 13.6 Å². The van der Waals surface area contributed by atoms with Gasteiger partial charge < -0.3 is 4.90 Å². The van der Waals surface area contributed by atoms with Crippen LogP contribution in [0.15, 0.2) is 36.4 Å². The number of aryl methyl sites for hydroxylation is 2. The van der Waals surface area contributed by atoms with Crippen LogP contribution in [0.25, 0.3) is 0 Å². The minimum Gasteiger partial charge on any atom is -0.312 e. The molecule has 22 heavy (non-hydrogen) atoms. The molecule has 0 saturated carbocycles. The van der Waals surface area contributed by atoms with Gasteiger partial charge in [0.25, 0.3) is 0 Å². The van der Waals surface area contributed by atoms with Crippen LogP contribution in [0.1, 0.15) is 23.1 Å². The molecule has 4 heteroatoms. The minimum absolute atomic E-state index is 0.0932. The molecule has 0 aliphatic carbocycles. The van der Waals surface area contributed by atoms with Crippen molar-refractivity contribution in [1.82, 2.24) is 0 Å². The summed E-state index contributed by atoms with van der Waals surface area (Å²) in [5.74, 6) is -1.30. The van der Waals surface area contributed by atoms with Gasteiger partial charge in [-0.15, -0.1) is 0 Å². The van der Waals surface area contributed by atoms with Gasteiger partial charge in [-0.3, -0.25) is 4.79 Å². The molecule has 0 spiro atoms. The van der Waals surface area contributed by atoms with Crippen LogP contribution in [-0.4, -0.2) is 12.5 Å². The number of rotatable bonds is 3. The Balaban J connectivity index is 1.71. The van der Waals surface area contributed by atoms with Crippen molar-refractivity contribution >= 4 is 11.6 Å². The highest BCUT2D eigenvalue weighted by molar-refractivity contribution is 5.95. The summed E-state index contributed by atoms with van der Waals surface area (Å²) < 4.78 is 27.1. The lowest BCUT2D eigenvalue weighted by molar-refractivity contribution is -0.118. The molecule has 0 bridgehead atoms. The lowest BCUT2D eigenvalue weighted by Crippen LogP contribution is -2.29. The van der Waals surface area contributed by atoms with Crippen molar-refractivity contribution in [2.45, 2.75) is 26.2 Å². The van der Waals surface area contributed by atoms with Crippen molar-refractivity contribution in [3.63, 3.8) is 0 Å². The summed E-state index contributed by atoms with van der Waals surface area (Å²) >= 11 is 0. The maximum absolute atomic E-state index is 13.7. The number of amides is 1. The highest BCUT2D eigenvalue weighted by atomic mass is 19.1. The number of hydrogen-bond donors (Lipinski definition) is 0. The lowest BCUT2D eigenvalue weighted by Gasteiger charge is -2.17. The fraction of sp³-hybridized carbons (Fsp3) is 0.278. The Morgan fingerprint density at radius 1 is 1.18 bits per heavy atom. The first-order chi connectivity index (χ1) is 10.5. The molecule has 1 aliphatic heterocycles. The van der Waals surface area contributed by atoms with E-state index in [0.29, 0.717) is 37.1 Å². The van der Waals surface area contributed by atoms with Crippen LogP contribution in [-0.2, 0) is 17.6 Å². The van der Waals surface area contributed by atoms with Gasteiger partial charge in [0.2, 0.25) is 5.91 Å². The van der Waals surface area contributed by atoms with E-state index >= 15 is 0 Å². The molecule has 3 rings (SSSR count). The topological polar surface area (TPSA) is 20.3 Å². The number of halogens is 2. The fourth-order valence-corrected chi connectivity index (χ4v) is 2.82. The van der Waals surface area contributed by atoms with Gasteiger partial charge in [-0.05, 0) is 31.4 Å². The molecule has 2 aromatic rings. The molecule has 0 saturated heterocycles. The Labute approximate surface area is 128 Å². The maximum Gasteiger partial charge on any atom is 0.227 e. The highest BCUT2D eigenvalue weighted by Crippen LogP contribution is 2.31. The van der Waals surface area contributed by atoms with Crippen LogP contribution in [0, 0.1) is 18.6 Å². The monoisotopic (exact) mass is 301 g/mol. The smallest absolute Gasteiger partial charge is 0.227 e. The average Bonchev–Trinajstić information content (AvgIpc) is 2.90. The molecule has 1 aliphatic rings. The Morgan fingerprint density at radius 3 is 2.64 bits per heavy atom. The predicted molar refractivity (Wildman–Crippen MR) is 81.9 cm³/mol. The number of nitrogens with zero attached hydrogens (tertiary/aromatic N) is 1. The SMILES string of the molecule is Cc1ccc(CCC(=O)N2CCc3c(F)cc(F)cc32)cc1. The molecule has 0 radical (unpaired) electrons. The lowest BCUT2D eigenvalue weighted by atomic mass is 10.1. The maximum atomic E-state index is 13.7. The standard InChI is InChI=1S/C18H17F2NO/c1-12-2-4-13(5-3-12)6-7-18(22)21-9-8-15-16(20)10-14(19)11-17(15)21/h2-5,10-11H,6-9H2,1H3. The van der Waals surface area contributed by atoms with Crippen LogP contribution in [0.5, 0.6) is 0 Å². The quantitative estimate of drug-likeness (QED) is 0.844. The van der Waals surface area contributed by atoms with Gasteiger partial charge in [0.1, 0.15) is 11.6 Å². The predicted octanol–water partition coefficient (Wildman–Crippen LogP) is 3.80. The normalized spacial score (nSPS) is 13.3. The molecule has 0 fully saturated rings. The number of hydrogen-bond acceptors (Lipinski definition) is 1. The van der Waals surface area contributed by atoms with E-state index in [2.05, 4.69) is 0 Å². The molecule has 0 aromatic heterocycles. The molecule has 0 unspecified atom stereocenters. The number of carbonyl (C=O) groups excluding carboxylic acids is 1. The molecule has 0 N–H and O–H groups in total. The molecular formula is C18H17F2NO. The number of carbonyl (C=O) groups is 1. The van der Waals surface area contributed by atoms with Crippen LogP contribution < -0.4 is 4.90 Å². The van der Waals surface area contributed by atoms with E-state index in [-0.39, 0.29) is 5.91 Å². The zero-order valence-electron chi connectivity index (χ0n) is 12.4. The van der Waals surface area contributed by atoms with Gasteiger partial charge in [-0.1, -0.05) is 29.8 Å². The van der Waals surface area contributed by atoms with Crippen molar-refractivity contribution in [2.75, 3.05) is 11.4 Å². The highest BCUT2D eigenvalue weighted by Gasteiger charge is 2.27. The second-order valence-electron chi connectivity index (χ2n) is 5.67. The second kappa shape index (κ2) is 5.87. The summed E-state index contributed by atoms with van der Waals surface area (Å²) in [4.78, 5) is 13.8. The van der Waals surface area contributed by atoms with Crippen molar-refractivity contribution < 1.29 is 13.6 Å². The Morgan fingerprint density at radius 2 is 1.91 bits per heavy atom. The number of benzene rings is 2. The molecular weight excluding hydrogens is 284 g/mol. The van der Waals surface area contributed by atoms with Gasteiger partial charge in [-0.25, -0.2) is 8.78 Å². The van der Waals surface area contributed by atoms with Gasteiger partial charge in [0, 0.05) is 24.6 Å². The molecule has 1 heterocycles. The van der Waals surface area contributed by atoms with Crippen LogP contribution in [0.3, 0.4) is 0 Å². The first kappa shape index (κ1) is 14.7. The third kappa shape index (κ3) is 2.86. The van der Waals surface area contributed by atoms with Crippen LogP contribution in [0.4, 0.5) is 14.5 Å². The summed E-state index contributed by atoms with van der Waals surface area (Å²) in [6.45, 7) is 2.43. The van der Waals surface area contributed by atoms with Crippen molar-refractivity contribution in [1.29, 1.82) is 0 Å². The molecule has 2 nitrogen and oxygen atoms in total. The zero-order chi connectivity index (χ0) is 15.7. The van der Waals surface area contributed by atoms with Crippen molar-refractivity contribution in [3.8, 4) is 0 Å². The minimum atomic E-state index is -0.644.